The van der Waals surface area contributed by atoms with Gasteiger partial charge in [0.15, 0.2) is 6.61 Å². The zero-order chi connectivity index (χ0) is 19.6. The molecule has 1 aliphatic heterocycles. The van der Waals surface area contributed by atoms with E-state index in [1.54, 1.807) is 55.5 Å². The van der Waals surface area contributed by atoms with E-state index in [0.717, 1.165) is 4.47 Å². The molecule has 2 aromatic rings. The Morgan fingerprint density at radius 3 is 2.78 bits per heavy atom. The molecule has 8 heteroatoms. The van der Waals surface area contributed by atoms with Crippen molar-refractivity contribution >= 4 is 56.9 Å². The van der Waals surface area contributed by atoms with Crippen LogP contribution >= 0.6 is 27.5 Å². The fourth-order valence-electron chi connectivity index (χ4n) is 2.53. The number of halogens is 2. The molecule has 1 amide bonds. The highest BCUT2D eigenvalue weighted by Crippen LogP contribution is 2.32. The summed E-state index contributed by atoms with van der Waals surface area (Å²) in [6.45, 7) is 1.24. The van der Waals surface area contributed by atoms with Crippen LogP contribution in [-0.4, -0.2) is 29.3 Å². The minimum atomic E-state index is -1.09. The first-order chi connectivity index (χ1) is 12.9. The molecule has 0 fully saturated rings. The van der Waals surface area contributed by atoms with Gasteiger partial charge in [0.2, 0.25) is 0 Å². The van der Waals surface area contributed by atoms with Gasteiger partial charge in [0.25, 0.3) is 5.91 Å². The van der Waals surface area contributed by atoms with Gasteiger partial charge in [0.1, 0.15) is 5.75 Å². The predicted octanol–water partition coefficient (Wildman–Crippen LogP) is 4.37. The predicted molar refractivity (Wildman–Crippen MR) is 107 cm³/mol. The molecule has 6 nitrogen and oxygen atoms in total. The van der Waals surface area contributed by atoms with Crippen LogP contribution in [0.2, 0.25) is 5.02 Å². The van der Waals surface area contributed by atoms with Gasteiger partial charge < -0.3 is 9.84 Å². The van der Waals surface area contributed by atoms with Crippen molar-refractivity contribution in [1.82, 2.24) is 0 Å². The van der Waals surface area contributed by atoms with Gasteiger partial charge >= 0.3 is 5.97 Å². The summed E-state index contributed by atoms with van der Waals surface area (Å²) in [5.41, 5.74) is 1.94. The molecule has 0 spiro atoms. The summed E-state index contributed by atoms with van der Waals surface area (Å²) in [4.78, 5) is 23.7. The molecule has 27 heavy (non-hydrogen) atoms. The van der Waals surface area contributed by atoms with Gasteiger partial charge in [0.05, 0.1) is 22.0 Å². The van der Waals surface area contributed by atoms with Gasteiger partial charge in [-0.3, -0.25) is 4.79 Å². The fourth-order valence-corrected chi connectivity index (χ4v) is 3.12. The van der Waals surface area contributed by atoms with Gasteiger partial charge in [-0.1, -0.05) is 39.7 Å². The van der Waals surface area contributed by atoms with Crippen molar-refractivity contribution in [2.75, 3.05) is 11.6 Å². The third-order valence-corrected chi connectivity index (χ3v) is 4.58. The molecule has 0 saturated heterocycles. The number of rotatable bonds is 5. The van der Waals surface area contributed by atoms with Crippen LogP contribution in [0.1, 0.15) is 12.5 Å². The lowest BCUT2D eigenvalue weighted by Gasteiger charge is -2.13. The van der Waals surface area contributed by atoms with E-state index in [0.29, 0.717) is 33.3 Å². The Balaban J connectivity index is 1.97. The Morgan fingerprint density at radius 2 is 2.07 bits per heavy atom. The molecular formula is C19H14BrClN2O4. The topological polar surface area (TPSA) is 79.2 Å². The number of aliphatic carboxylic acids is 1. The minimum Gasteiger partial charge on any atom is -0.481 e. The summed E-state index contributed by atoms with van der Waals surface area (Å²) >= 11 is 9.55. The number of hydrogen-bond donors (Lipinski definition) is 1. The van der Waals surface area contributed by atoms with Gasteiger partial charge in [-0.2, -0.15) is 10.1 Å². The summed E-state index contributed by atoms with van der Waals surface area (Å²) < 4.78 is 6.08. The van der Waals surface area contributed by atoms with Crippen LogP contribution in [0.15, 0.2) is 57.6 Å². The van der Waals surface area contributed by atoms with E-state index < -0.39 is 12.6 Å². The molecule has 0 radical (unpaired) electrons. The third kappa shape index (κ3) is 4.20. The van der Waals surface area contributed by atoms with Crippen LogP contribution < -0.4 is 9.75 Å². The number of hydrazone groups is 1. The van der Waals surface area contributed by atoms with Crippen molar-refractivity contribution in [3.63, 3.8) is 0 Å². The van der Waals surface area contributed by atoms with Crippen LogP contribution in [0, 0.1) is 0 Å². The SMILES string of the molecule is CC1=NN(c2ccccc2Cl)C(=O)C1=Cc1cc(Br)ccc1OCC(=O)O. The van der Waals surface area contributed by atoms with Gasteiger partial charge in [-0.05, 0) is 43.3 Å². The van der Waals surface area contributed by atoms with Crippen LogP contribution in [0.25, 0.3) is 6.08 Å². The second-order valence-corrected chi connectivity index (χ2v) is 7.00. The van der Waals surface area contributed by atoms with E-state index in [2.05, 4.69) is 21.0 Å². The van der Waals surface area contributed by atoms with E-state index in [4.69, 9.17) is 21.4 Å². The van der Waals surface area contributed by atoms with Crippen LogP contribution in [0.3, 0.4) is 0 Å². The lowest BCUT2D eigenvalue weighted by molar-refractivity contribution is -0.139. The molecule has 0 unspecified atom stereocenters. The second-order valence-electron chi connectivity index (χ2n) is 5.68. The zero-order valence-corrected chi connectivity index (χ0v) is 16.5. The summed E-state index contributed by atoms with van der Waals surface area (Å²) in [5, 5.41) is 14.8. The molecule has 1 N–H and O–H groups in total. The third-order valence-electron chi connectivity index (χ3n) is 3.77. The highest BCUT2D eigenvalue weighted by Gasteiger charge is 2.30. The molecule has 1 heterocycles. The first kappa shape index (κ1) is 19.1. The minimum absolute atomic E-state index is 0.329. The van der Waals surface area contributed by atoms with Gasteiger partial charge in [-0.25, -0.2) is 4.79 Å². The summed E-state index contributed by atoms with van der Waals surface area (Å²) in [5.74, 6) is -1.06. The lowest BCUT2D eigenvalue weighted by Crippen LogP contribution is -2.21. The molecule has 3 rings (SSSR count). The molecule has 138 valence electrons. The quantitative estimate of drug-likeness (QED) is 0.687. The van der Waals surface area contributed by atoms with Crippen molar-refractivity contribution in [1.29, 1.82) is 0 Å². The summed E-state index contributed by atoms with van der Waals surface area (Å²) in [6.07, 6.45) is 1.62. The van der Waals surface area contributed by atoms with Crippen LogP contribution in [0.5, 0.6) is 5.75 Å². The number of para-hydroxylation sites is 1. The van der Waals surface area contributed by atoms with Crippen molar-refractivity contribution in [3.8, 4) is 5.75 Å². The Hall–Kier alpha value is -2.64. The monoisotopic (exact) mass is 448 g/mol. The molecule has 0 atom stereocenters. The van der Waals surface area contributed by atoms with E-state index in [9.17, 15) is 9.59 Å². The maximum atomic E-state index is 12.9. The maximum absolute atomic E-state index is 12.9. The molecule has 1 aliphatic rings. The highest BCUT2D eigenvalue weighted by molar-refractivity contribution is 9.10. The number of ether oxygens (including phenoxy) is 1. The van der Waals surface area contributed by atoms with Crippen molar-refractivity contribution in [3.05, 3.63) is 63.1 Å². The average Bonchev–Trinajstić information content (AvgIpc) is 2.89. The van der Waals surface area contributed by atoms with Crippen molar-refractivity contribution < 1.29 is 19.4 Å². The molecule has 0 aromatic heterocycles. The highest BCUT2D eigenvalue weighted by atomic mass is 79.9. The van der Waals surface area contributed by atoms with E-state index >= 15 is 0 Å². The van der Waals surface area contributed by atoms with Crippen molar-refractivity contribution in [2.45, 2.75) is 6.92 Å². The fraction of sp³-hybridized carbons (Fsp3) is 0.105. The van der Waals surface area contributed by atoms with Crippen molar-refractivity contribution in [2.24, 2.45) is 5.10 Å². The van der Waals surface area contributed by atoms with Gasteiger partial charge in [-0.15, -0.1) is 0 Å². The lowest BCUT2D eigenvalue weighted by atomic mass is 10.1. The number of hydrogen-bond acceptors (Lipinski definition) is 4. The molecule has 0 bridgehead atoms. The van der Waals surface area contributed by atoms with E-state index in [-0.39, 0.29) is 5.91 Å². The second kappa shape index (κ2) is 7.94. The maximum Gasteiger partial charge on any atom is 0.341 e. The number of anilines is 1. The van der Waals surface area contributed by atoms with Gasteiger partial charge in [0, 0.05) is 10.0 Å². The average molecular weight is 450 g/mol. The first-order valence-electron chi connectivity index (χ1n) is 7.87. The van der Waals surface area contributed by atoms with E-state index in [1.165, 1.54) is 5.01 Å². The number of carboxylic acids is 1. The molecule has 0 saturated carbocycles. The Labute approximate surface area is 168 Å². The Morgan fingerprint density at radius 1 is 1.33 bits per heavy atom. The number of benzene rings is 2. The zero-order valence-electron chi connectivity index (χ0n) is 14.1. The number of carbonyl (C=O) groups is 2. The van der Waals surface area contributed by atoms with E-state index in [1.807, 2.05) is 0 Å². The normalized spacial score (nSPS) is 15.2. The largest absolute Gasteiger partial charge is 0.481 e. The first-order valence-corrected chi connectivity index (χ1v) is 9.04. The summed E-state index contributed by atoms with van der Waals surface area (Å²) in [6, 6.07) is 12.0. The summed E-state index contributed by atoms with van der Waals surface area (Å²) in [7, 11) is 0. The Kier molecular flexibility index (Phi) is 5.62. The van der Waals surface area contributed by atoms with Crippen LogP contribution in [0.4, 0.5) is 5.69 Å². The molecule has 2 aromatic carbocycles. The number of nitrogens with zero attached hydrogens (tertiary/aromatic N) is 2. The number of carbonyl (C=O) groups excluding carboxylic acids is 1. The Bertz CT molecular complexity index is 987. The smallest absolute Gasteiger partial charge is 0.341 e. The number of amides is 1. The molecular weight excluding hydrogens is 436 g/mol. The number of carboxylic acid groups (broad SMARTS) is 1. The van der Waals surface area contributed by atoms with Crippen LogP contribution in [-0.2, 0) is 9.59 Å². The standard InChI is InChI=1S/C19H14BrClN2O4/c1-11-14(19(26)23(22-11)16-5-3-2-4-15(16)21)9-12-8-13(20)6-7-17(12)27-10-18(24)25/h2-9H,10H2,1H3,(H,24,25). The molecule has 0 aliphatic carbocycles.